The van der Waals surface area contributed by atoms with Gasteiger partial charge in [-0.05, 0) is 50.8 Å². The Morgan fingerprint density at radius 1 is 1.08 bits per heavy atom. The average molecular weight is 488 g/mol. The van der Waals surface area contributed by atoms with E-state index in [9.17, 15) is 4.79 Å². The van der Waals surface area contributed by atoms with E-state index < -0.39 is 0 Å². The first-order chi connectivity index (χ1) is 17.6. The molecule has 0 spiro atoms. The van der Waals surface area contributed by atoms with E-state index in [4.69, 9.17) is 15.6 Å². The Balaban J connectivity index is 1.49. The van der Waals surface area contributed by atoms with Gasteiger partial charge in [-0.15, -0.1) is 5.10 Å². The van der Waals surface area contributed by atoms with Crippen LogP contribution >= 0.6 is 0 Å². The van der Waals surface area contributed by atoms with Gasteiger partial charge >= 0.3 is 0 Å². The molecular weight excluding hydrogens is 458 g/mol. The van der Waals surface area contributed by atoms with Gasteiger partial charge in [0.15, 0.2) is 11.3 Å². The highest BCUT2D eigenvalue weighted by Crippen LogP contribution is 2.27. The second-order valence-electron chi connectivity index (χ2n) is 8.70. The zero-order chi connectivity index (χ0) is 24.9. The summed E-state index contributed by atoms with van der Waals surface area (Å²) in [6.45, 7) is 2.48. The van der Waals surface area contributed by atoms with E-state index in [2.05, 4.69) is 30.9 Å². The van der Waals surface area contributed by atoms with E-state index in [1.165, 1.54) is 6.20 Å². The van der Waals surface area contributed by atoms with Crippen molar-refractivity contribution in [2.45, 2.75) is 44.7 Å². The molecule has 0 bridgehead atoms. The molecular formula is C25H29N9O2. The number of nitrogens with one attached hydrogen (secondary N) is 3. The van der Waals surface area contributed by atoms with Crippen molar-refractivity contribution in [3.05, 3.63) is 60.8 Å². The van der Waals surface area contributed by atoms with Gasteiger partial charge < -0.3 is 26.4 Å². The number of amides is 1. The molecule has 11 heteroatoms. The van der Waals surface area contributed by atoms with E-state index in [0.717, 1.165) is 25.7 Å². The monoisotopic (exact) mass is 487 g/mol. The van der Waals surface area contributed by atoms with Gasteiger partial charge in [-0.2, -0.15) is 0 Å². The van der Waals surface area contributed by atoms with Crippen LogP contribution in [0.15, 0.2) is 55.1 Å². The highest BCUT2D eigenvalue weighted by Gasteiger charge is 2.21. The maximum absolute atomic E-state index is 13.1. The topological polar surface area (TPSA) is 144 Å². The van der Waals surface area contributed by atoms with Gasteiger partial charge in [0.05, 0.1) is 18.5 Å². The van der Waals surface area contributed by atoms with E-state index >= 15 is 0 Å². The third kappa shape index (κ3) is 5.36. The standard InChI is InChI=1S/C25H29N9O2/c1-2-36-19-9-12-28-22(13-19)32-20-14-23(30-17-5-3-16(26)4-6-17)33-34-21(15-29-24(20)34)25(35)31-18-7-10-27-11-8-18/h7-17H,2-6,26H2,1H3,(H,28,32)(H,30,33)(H,27,31,35)/t16-,17-. The number of fused-ring (bicyclic) bond motifs is 1. The zero-order valence-electron chi connectivity index (χ0n) is 20.0. The molecule has 11 nitrogen and oxygen atoms in total. The molecule has 4 aromatic heterocycles. The first-order valence-corrected chi connectivity index (χ1v) is 12.1. The molecule has 0 aliphatic heterocycles. The van der Waals surface area contributed by atoms with Gasteiger partial charge in [0.2, 0.25) is 0 Å². The van der Waals surface area contributed by atoms with Gasteiger partial charge in [0.25, 0.3) is 5.91 Å². The summed E-state index contributed by atoms with van der Waals surface area (Å²) in [6.07, 6.45) is 10.3. The Labute approximate surface area is 208 Å². The molecule has 0 radical (unpaired) electrons. The Hall–Kier alpha value is -4.25. The van der Waals surface area contributed by atoms with Crippen LogP contribution in [0.25, 0.3) is 5.65 Å². The van der Waals surface area contributed by atoms with Crippen molar-refractivity contribution in [2.24, 2.45) is 5.73 Å². The van der Waals surface area contributed by atoms with Gasteiger partial charge in [-0.25, -0.2) is 14.5 Å². The summed E-state index contributed by atoms with van der Waals surface area (Å²) >= 11 is 0. The van der Waals surface area contributed by atoms with E-state index in [0.29, 0.717) is 46.7 Å². The normalized spacial score (nSPS) is 17.5. The number of anilines is 4. The molecule has 1 amide bonds. The van der Waals surface area contributed by atoms with Crippen molar-refractivity contribution < 1.29 is 9.53 Å². The zero-order valence-corrected chi connectivity index (χ0v) is 20.0. The predicted molar refractivity (Wildman–Crippen MR) is 138 cm³/mol. The molecule has 4 heterocycles. The van der Waals surface area contributed by atoms with E-state index in [1.807, 2.05) is 19.1 Å². The number of pyridine rings is 2. The van der Waals surface area contributed by atoms with Crippen LogP contribution in [0.5, 0.6) is 5.75 Å². The fraction of sp³-hybridized carbons (Fsp3) is 0.320. The predicted octanol–water partition coefficient (Wildman–Crippen LogP) is 3.60. The van der Waals surface area contributed by atoms with Gasteiger partial charge in [0, 0.05) is 48.5 Å². The molecule has 4 aromatic rings. The highest BCUT2D eigenvalue weighted by molar-refractivity contribution is 6.03. The van der Waals surface area contributed by atoms with E-state index in [-0.39, 0.29) is 18.0 Å². The van der Waals surface area contributed by atoms with Crippen LogP contribution < -0.4 is 26.4 Å². The summed E-state index contributed by atoms with van der Waals surface area (Å²) in [5.41, 5.74) is 8.16. The Bertz CT molecular complexity index is 1330. The van der Waals surface area contributed by atoms with Crippen LogP contribution in [0.4, 0.5) is 23.0 Å². The number of carbonyl (C=O) groups excluding carboxylic acids is 1. The van der Waals surface area contributed by atoms with Gasteiger partial charge in [-0.3, -0.25) is 9.78 Å². The van der Waals surface area contributed by atoms with E-state index in [1.54, 1.807) is 41.3 Å². The number of carbonyl (C=O) groups is 1. The molecule has 0 unspecified atom stereocenters. The van der Waals surface area contributed by atoms with Crippen LogP contribution in [0.3, 0.4) is 0 Å². The summed E-state index contributed by atoms with van der Waals surface area (Å²) in [6, 6.07) is 9.44. The lowest BCUT2D eigenvalue weighted by molar-refractivity contribution is 0.102. The number of ether oxygens (including phenoxy) is 1. The van der Waals surface area contributed by atoms with Gasteiger partial charge in [-0.1, -0.05) is 0 Å². The average Bonchev–Trinajstić information content (AvgIpc) is 3.31. The van der Waals surface area contributed by atoms with Crippen molar-refractivity contribution >= 4 is 34.6 Å². The number of nitrogens with two attached hydrogens (primary N) is 1. The molecule has 5 rings (SSSR count). The van der Waals surface area contributed by atoms with Crippen molar-refractivity contribution in [3.63, 3.8) is 0 Å². The largest absolute Gasteiger partial charge is 0.494 e. The molecule has 1 aliphatic rings. The number of hydrogen-bond donors (Lipinski definition) is 4. The van der Waals surface area contributed by atoms with Gasteiger partial charge in [0.1, 0.15) is 17.4 Å². The van der Waals surface area contributed by atoms with Crippen molar-refractivity contribution in [2.75, 3.05) is 22.6 Å². The van der Waals surface area contributed by atoms with Crippen LogP contribution in [-0.4, -0.2) is 49.2 Å². The molecule has 1 aliphatic carbocycles. The van der Waals surface area contributed by atoms with Crippen molar-refractivity contribution in [3.8, 4) is 5.75 Å². The van der Waals surface area contributed by atoms with Crippen LogP contribution in [0.1, 0.15) is 43.1 Å². The van der Waals surface area contributed by atoms with Crippen molar-refractivity contribution in [1.82, 2.24) is 24.6 Å². The molecule has 36 heavy (non-hydrogen) atoms. The highest BCUT2D eigenvalue weighted by atomic mass is 16.5. The minimum atomic E-state index is -0.329. The number of nitrogens with zero attached hydrogens (tertiary/aromatic N) is 5. The molecule has 0 aromatic carbocycles. The first kappa shape index (κ1) is 23.5. The Morgan fingerprint density at radius 2 is 1.89 bits per heavy atom. The second kappa shape index (κ2) is 10.6. The lowest BCUT2D eigenvalue weighted by Crippen LogP contribution is -2.33. The maximum Gasteiger partial charge on any atom is 0.276 e. The Morgan fingerprint density at radius 3 is 2.67 bits per heavy atom. The summed E-state index contributed by atoms with van der Waals surface area (Å²) in [5, 5.41) is 14.4. The van der Waals surface area contributed by atoms with Crippen molar-refractivity contribution in [1.29, 1.82) is 0 Å². The molecule has 1 fully saturated rings. The SMILES string of the molecule is CCOc1ccnc(Nc2cc(N[C@H]3CC[C@H](N)CC3)nn3c(C(=O)Nc4ccncc4)cnc23)c1. The smallest absolute Gasteiger partial charge is 0.276 e. The second-order valence-corrected chi connectivity index (χ2v) is 8.70. The molecule has 0 saturated heterocycles. The van der Waals surface area contributed by atoms with Crippen LogP contribution in [-0.2, 0) is 0 Å². The minimum Gasteiger partial charge on any atom is -0.494 e. The number of rotatable bonds is 8. The lowest BCUT2D eigenvalue weighted by Gasteiger charge is -2.27. The summed E-state index contributed by atoms with van der Waals surface area (Å²) in [5.74, 6) is 1.60. The fourth-order valence-electron chi connectivity index (χ4n) is 4.26. The lowest BCUT2D eigenvalue weighted by atomic mass is 9.92. The number of aromatic nitrogens is 5. The molecule has 5 N–H and O–H groups in total. The minimum absolute atomic E-state index is 0.247. The molecule has 186 valence electrons. The molecule has 1 saturated carbocycles. The first-order valence-electron chi connectivity index (χ1n) is 12.1. The fourth-order valence-corrected chi connectivity index (χ4v) is 4.26. The summed E-state index contributed by atoms with van der Waals surface area (Å²) in [7, 11) is 0. The maximum atomic E-state index is 13.1. The summed E-state index contributed by atoms with van der Waals surface area (Å²) < 4.78 is 7.15. The third-order valence-electron chi connectivity index (χ3n) is 6.07. The number of imidazole rings is 1. The van der Waals surface area contributed by atoms with Crippen LogP contribution in [0, 0.1) is 0 Å². The number of hydrogen-bond acceptors (Lipinski definition) is 9. The quantitative estimate of drug-likeness (QED) is 0.293. The molecule has 0 atom stereocenters. The third-order valence-corrected chi connectivity index (χ3v) is 6.07. The Kier molecular flexibility index (Phi) is 6.89. The summed E-state index contributed by atoms with van der Waals surface area (Å²) in [4.78, 5) is 26.0. The van der Waals surface area contributed by atoms with Crippen LogP contribution in [0.2, 0.25) is 0 Å².